The van der Waals surface area contributed by atoms with Gasteiger partial charge in [0.1, 0.15) is 11.1 Å². The van der Waals surface area contributed by atoms with E-state index in [1.807, 2.05) is 23.9 Å². The van der Waals surface area contributed by atoms with Crippen molar-refractivity contribution in [1.29, 1.82) is 0 Å². The number of furan rings is 1. The van der Waals surface area contributed by atoms with Gasteiger partial charge < -0.3 is 4.42 Å². The Labute approximate surface area is 76.7 Å². The highest BCUT2D eigenvalue weighted by atomic mass is 32.2. The van der Waals surface area contributed by atoms with Crippen LogP contribution in [-0.2, 0) is 0 Å². The number of hydrogen-bond donors (Lipinski definition) is 1. The second kappa shape index (κ2) is 2.82. The molecule has 1 aromatic heterocycles. The van der Waals surface area contributed by atoms with E-state index in [-0.39, 0.29) is 5.54 Å². The minimum Gasteiger partial charge on any atom is -0.467 e. The van der Waals surface area contributed by atoms with Gasteiger partial charge in [0.25, 0.3) is 0 Å². The maximum Gasteiger partial charge on any atom is 0.130 e. The lowest BCUT2D eigenvalue weighted by atomic mass is 10.1. The molecule has 1 fully saturated rings. The third-order valence-electron chi connectivity index (χ3n) is 1.93. The van der Waals surface area contributed by atoms with Gasteiger partial charge in [0.15, 0.2) is 0 Å². The number of hydrogen-bond acceptors (Lipinski definition) is 3. The van der Waals surface area contributed by atoms with Crippen LogP contribution in [-0.4, -0.2) is 11.3 Å². The zero-order valence-corrected chi connectivity index (χ0v) is 8.15. The average molecular weight is 183 g/mol. The second-order valence-corrected chi connectivity index (χ2v) is 4.83. The van der Waals surface area contributed by atoms with E-state index in [1.54, 1.807) is 6.26 Å². The predicted molar refractivity (Wildman–Crippen MR) is 51.1 cm³/mol. The molecule has 0 aliphatic carbocycles. The third kappa shape index (κ3) is 1.52. The number of nitrogens with one attached hydrogen (secondary N) is 1. The first kappa shape index (κ1) is 8.20. The van der Waals surface area contributed by atoms with Crippen molar-refractivity contribution in [1.82, 2.24) is 5.32 Å². The van der Waals surface area contributed by atoms with Crippen molar-refractivity contribution in [3.05, 3.63) is 24.2 Å². The molecular formula is C9H13NOS. The quantitative estimate of drug-likeness (QED) is 0.723. The Hall–Kier alpha value is -0.410. The normalized spacial score (nSPS) is 27.7. The van der Waals surface area contributed by atoms with Gasteiger partial charge in [0, 0.05) is 11.3 Å². The predicted octanol–water partition coefficient (Wildman–Crippen LogP) is 2.39. The van der Waals surface area contributed by atoms with E-state index in [9.17, 15) is 0 Å². The Morgan fingerprint density at radius 1 is 1.67 bits per heavy atom. The molecule has 0 spiro atoms. The highest BCUT2D eigenvalue weighted by Gasteiger charge is 2.32. The summed E-state index contributed by atoms with van der Waals surface area (Å²) in [5, 5.41) is 3.84. The van der Waals surface area contributed by atoms with E-state index in [0.717, 1.165) is 11.5 Å². The molecule has 12 heavy (non-hydrogen) atoms. The first-order valence-corrected chi connectivity index (χ1v) is 5.15. The van der Waals surface area contributed by atoms with Gasteiger partial charge in [-0.2, -0.15) is 0 Å². The van der Waals surface area contributed by atoms with Gasteiger partial charge in [0.05, 0.1) is 6.26 Å². The molecule has 0 saturated carbocycles. The van der Waals surface area contributed by atoms with E-state index in [2.05, 4.69) is 19.2 Å². The van der Waals surface area contributed by atoms with Gasteiger partial charge in [-0.1, -0.05) is 0 Å². The standard InChI is InChI=1S/C9H13NOS/c1-9(2)6-12-8(10-9)7-4-3-5-11-7/h3-5,8,10H,6H2,1-2H3. The van der Waals surface area contributed by atoms with Crippen molar-refractivity contribution in [3.8, 4) is 0 Å². The molecule has 2 nitrogen and oxygen atoms in total. The van der Waals surface area contributed by atoms with Crippen LogP contribution in [0.3, 0.4) is 0 Å². The van der Waals surface area contributed by atoms with Crippen LogP contribution >= 0.6 is 11.8 Å². The lowest BCUT2D eigenvalue weighted by Gasteiger charge is -2.17. The van der Waals surface area contributed by atoms with Gasteiger partial charge in [-0.05, 0) is 26.0 Å². The number of thioether (sulfide) groups is 1. The third-order valence-corrected chi connectivity index (χ3v) is 3.51. The van der Waals surface area contributed by atoms with Crippen molar-refractivity contribution < 1.29 is 4.42 Å². The van der Waals surface area contributed by atoms with Crippen molar-refractivity contribution in [2.45, 2.75) is 24.8 Å². The smallest absolute Gasteiger partial charge is 0.130 e. The molecule has 1 unspecified atom stereocenters. The molecule has 3 heteroatoms. The average Bonchev–Trinajstić information content (AvgIpc) is 2.55. The van der Waals surface area contributed by atoms with E-state index < -0.39 is 0 Å². The maximum atomic E-state index is 5.33. The molecule has 0 aromatic carbocycles. The first-order chi connectivity index (χ1) is 5.67. The zero-order chi connectivity index (χ0) is 8.60. The summed E-state index contributed by atoms with van der Waals surface area (Å²) in [6.45, 7) is 4.42. The van der Waals surface area contributed by atoms with Crippen LogP contribution in [0.4, 0.5) is 0 Å². The van der Waals surface area contributed by atoms with Gasteiger partial charge in [-0.15, -0.1) is 11.8 Å². The Kier molecular flexibility index (Phi) is 1.93. The maximum absolute atomic E-state index is 5.33. The van der Waals surface area contributed by atoms with Crippen molar-refractivity contribution in [3.63, 3.8) is 0 Å². The Balaban J connectivity index is 2.10. The highest BCUT2D eigenvalue weighted by Crippen LogP contribution is 2.37. The SMILES string of the molecule is CC1(C)CSC(c2ccco2)N1. The van der Waals surface area contributed by atoms with E-state index >= 15 is 0 Å². The van der Waals surface area contributed by atoms with Crippen molar-refractivity contribution >= 4 is 11.8 Å². The van der Waals surface area contributed by atoms with Crippen LogP contribution in [0.2, 0.25) is 0 Å². The summed E-state index contributed by atoms with van der Waals surface area (Å²) in [4.78, 5) is 0. The highest BCUT2D eigenvalue weighted by molar-refractivity contribution is 7.99. The van der Waals surface area contributed by atoms with Gasteiger partial charge in [-0.3, -0.25) is 5.32 Å². The summed E-state index contributed by atoms with van der Waals surface area (Å²) in [5.74, 6) is 2.17. The molecule has 0 bridgehead atoms. The van der Waals surface area contributed by atoms with Gasteiger partial charge >= 0.3 is 0 Å². The monoisotopic (exact) mass is 183 g/mol. The molecule has 1 aromatic rings. The molecule has 2 heterocycles. The lowest BCUT2D eigenvalue weighted by molar-refractivity contribution is 0.409. The summed E-state index contributed by atoms with van der Waals surface area (Å²) in [6, 6.07) is 3.95. The van der Waals surface area contributed by atoms with E-state index in [0.29, 0.717) is 5.37 Å². The van der Waals surface area contributed by atoms with E-state index in [4.69, 9.17) is 4.42 Å². The first-order valence-electron chi connectivity index (χ1n) is 4.10. The summed E-state index contributed by atoms with van der Waals surface area (Å²) in [5.41, 5.74) is 0.238. The van der Waals surface area contributed by atoms with Gasteiger partial charge in [0.2, 0.25) is 0 Å². The van der Waals surface area contributed by atoms with Crippen LogP contribution in [0, 0.1) is 0 Å². The molecule has 1 aliphatic rings. The summed E-state index contributed by atoms with van der Waals surface area (Å²) in [7, 11) is 0. The molecule has 66 valence electrons. The zero-order valence-electron chi connectivity index (χ0n) is 7.33. The molecule has 2 rings (SSSR count). The lowest BCUT2D eigenvalue weighted by Crippen LogP contribution is -2.35. The summed E-state index contributed by atoms with van der Waals surface area (Å²) in [6.07, 6.45) is 1.73. The molecule has 1 aliphatic heterocycles. The fourth-order valence-electron chi connectivity index (χ4n) is 1.32. The van der Waals surface area contributed by atoms with Crippen LogP contribution < -0.4 is 5.32 Å². The largest absolute Gasteiger partial charge is 0.467 e. The van der Waals surface area contributed by atoms with Crippen LogP contribution in [0.5, 0.6) is 0 Å². The van der Waals surface area contributed by atoms with Crippen LogP contribution in [0.15, 0.2) is 22.8 Å². The minimum absolute atomic E-state index is 0.238. The topological polar surface area (TPSA) is 25.2 Å². The molecule has 0 amide bonds. The fourth-order valence-corrected chi connectivity index (χ4v) is 2.69. The minimum atomic E-state index is 0.238. The van der Waals surface area contributed by atoms with Crippen LogP contribution in [0.1, 0.15) is 25.0 Å². The van der Waals surface area contributed by atoms with Gasteiger partial charge in [-0.25, -0.2) is 0 Å². The Morgan fingerprint density at radius 2 is 2.50 bits per heavy atom. The summed E-state index contributed by atoms with van der Waals surface area (Å²) < 4.78 is 5.33. The summed E-state index contributed by atoms with van der Waals surface area (Å²) >= 11 is 1.90. The Morgan fingerprint density at radius 3 is 3.00 bits per heavy atom. The molecule has 1 atom stereocenters. The molecule has 1 saturated heterocycles. The molecule has 1 N–H and O–H groups in total. The van der Waals surface area contributed by atoms with Crippen molar-refractivity contribution in [2.75, 3.05) is 5.75 Å². The number of rotatable bonds is 1. The van der Waals surface area contributed by atoms with Crippen molar-refractivity contribution in [2.24, 2.45) is 0 Å². The second-order valence-electron chi connectivity index (χ2n) is 3.73. The van der Waals surface area contributed by atoms with E-state index in [1.165, 1.54) is 0 Å². The molecular weight excluding hydrogens is 170 g/mol. The molecule has 0 radical (unpaired) electrons. The fraction of sp³-hybridized carbons (Fsp3) is 0.556. The Bertz CT molecular complexity index is 256. The van der Waals surface area contributed by atoms with Crippen LogP contribution in [0.25, 0.3) is 0 Å².